The quantitative estimate of drug-likeness (QED) is 0.442. The zero-order valence-corrected chi connectivity index (χ0v) is 15.8. The van der Waals surface area contributed by atoms with Crippen LogP contribution in [0.1, 0.15) is 38.5 Å². The average molecular weight is 373 g/mol. The molecule has 1 aliphatic carbocycles. The third-order valence-corrected chi connectivity index (χ3v) is 6.33. The van der Waals surface area contributed by atoms with Gasteiger partial charge in [-0.2, -0.15) is 9.97 Å². The van der Waals surface area contributed by atoms with Crippen molar-refractivity contribution in [2.24, 2.45) is 0 Å². The van der Waals surface area contributed by atoms with E-state index in [1.165, 1.54) is 4.90 Å². The van der Waals surface area contributed by atoms with Crippen molar-refractivity contribution in [1.82, 2.24) is 30.0 Å². The number of urea groups is 1. The van der Waals surface area contributed by atoms with Crippen LogP contribution in [0.15, 0.2) is 18.5 Å². The van der Waals surface area contributed by atoms with Gasteiger partial charge in [0.15, 0.2) is 0 Å². The first kappa shape index (κ1) is 18.3. The monoisotopic (exact) mass is 373 g/mol. The van der Waals surface area contributed by atoms with Crippen molar-refractivity contribution >= 4 is 17.9 Å². The average Bonchev–Trinajstić information content (AvgIpc) is 3.26. The number of nitrogens with one attached hydrogen (secondary N) is 2. The lowest BCUT2D eigenvalue weighted by Crippen LogP contribution is -2.61. The molecular formula is C19H29N6O2+. The predicted molar refractivity (Wildman–Crippen MR) is 102 cm³/mol. The second-order valence-electron chi connectivity index (χ2n) is 8.00. The van der Waals surface area contributed by atoms with Crippen molar-refractivity contribution in [3.63, 3.8) is 0 Å². The molecule has 1 aromatic rings. The Morgan fingerprint density at radius 3 is 2.48 bits per heavy atom. The molecule has 3 fully saturated rings. The molecule has 0 atom stereocenters. The lowest BCUT2D eigenvalue weighted by Gasteiger charge is -2.39. The van der Waals surface area contributed by atoms with Crippen molar-refractivity contribution < 1.29 is 9.59 Å². The molecule has 1 aromatic heterocycles. The van der Waals surface area contributed by atoms with E-state index >= 15 is 0 Å². The van der Waals surface area contributed by atoms with Gasteiger partial charge in [-0.25, -0.2) is 4.79 Å². The first-order chi connectivity index (χ1) is 13.2. The Labute approximate surface area is 159 Å². The van der Waals surface area contributed by atoms with Crippen LogP contribution in [0, 0.1) is 0 Å². The summed E-state index contributed by atoms with van der Waals surface area (Å²) in [6, 6.07) is 1.64. The fraction of sp³-hybridized carbons (Fsp3) is 0.684. The summed E-state index contributed by atoms with van der Waals surface area (Å²) >= 11 is 0. The van der Waals surface area contributed by atoms with Gasteiger partial charge >= 0.3 is 12.0 Å². The third-order valence-electron chi connectivity index (χ3n) is 6.33. The second-order valence-corrected chi connectivity index (χ2v) is 8.00. The number of unbranched alkanes of at least 4 members (excludes halogenated alkanes) is 1. The predicted octanol–water partition coefficient (Wildman–Crippen LogP) is 1.03. The first-order valence-electron chi connectivity index (χ1n) is 10.1. The summed E-state index contributed by atoms with van der Waals surface area (Å²) in [5.74, 6) is 0.862. The van der Waals surface area contributed by atoms with Crippen molar-refractivity contribution in [3.05, 3.63) is 18.5 Å². The SMILES string of the molecule is O=C1NC2(CCCC2)C(=O)N1CCCC[N+]1(c2ncccn2)CCNCC1. The molecule has 2 N–H and O–H groups in total. The number of aromatic nitrogens is 2. The number of hydrogen-bond donors (Lipinski definition) is 2. The maximum atomic E-state index is 12.7. The minimum absolute atomic E-state index is 0.0116. The zero-order chi connectivity index (χ0) is 18.7. The van der Waals surface area contributed by atoms with Crippen molar-refractivity contribution in [3.8, 4) is 0 Å². The summed E-state index contributed by atoms with van der Waals surface area (Å²) in [5, 5.41) is 6.36. The highest BCUT2D eigenvalue weighted by atomic mass is 16.2. The second kappa shape index (κ2) is 7.52. The summed E-state index contributed by atoms with van der Waals surface area (Å²) in [6.07, 6.45) is 8.96. The van der Waals surface area contributed by atoms with Gasteiger partial charge < -0.3 is 10.6 Å². The summed E-state index contributed by atoms with van der Waals surface area (Å²) in [6.45, 7) is 5.27. The van der Waals surface area contributed by atoms with E-state index in [9.17, 15) is 9.59 Å². The van der Waals surface area contributed by atoms with E-state index in [0.29, 0.717) is 6.54 Å². The number of rotatable bonds is 6. The Bertz CT molecular complexity index is 683. The van der Waals surface area contributed by atoms with E-state index in [0.717, 1.165) is 81.7 Å². The number of nitrogens with zero attached hydrogens (tertiary/aromatic N) is 4. The molecule has 8 heteroatoms. The Morgan fingerprint density at radius 1 is 1.07 bits per heavy atom. The minimum atomic E-state index is -0.596. The Balaban J connectivity index is 1.35. The van der Waals surface area contributed by atoms with Gasteiger partial charge in [0.25, 0.3) is 5.91 Å². The normalized spacial score (nSPS) is 23.8. The Hall–Kier alpha value is -2.06. The van der Waals surface area contributed by atoms with Crippen LogP contribution in [-0.4, -0.2) is 71.6 Å². The highest BCUT2D eigenvalue weighted by molar-refractivity contribution is 6.07. The van der Waals surface area contributed by atoms with Gasteiger partial charge in [-0.3, -0.25) is 14.2 Å². The summed E-state index contributed by atoms with van der Waals surface area (Å²) < 4.78 is 0.776. The van der Waals surface area contributed by atoms with E-state index in [1.807, 2.05) is 6.07 Å². The van der Waals surface area contributed by atoms with Crippen molar-refractivity contribution in [1.29, 1.82) is 0 Å². The van der Waals surface area contributed by atoms with Gasteiger partial charge in [0.2, 0.25) is 0 Å². The maximum absolute atomic E-state index is 12.7. The van der Waals surface area contributed by atoms with Crippen molar-refractivity contribution in [2.75, 3.05) is 39.3 Å². The number of carbonyl (C=O) groups is 2. The van der Waals surface area contributed by atoms with Crippen LogP contribution >= 0.6 is 0 Å². The highest BCUT2D eigenvalue weighted by Gasteiger charge is 2.52. The molecule has 27 heavy (non-hydrogen) atoms. The number of quaternary nitrogens is 1. The molecule has 0 radical (unpaired) electrons. The summed E-state index contributed by atoms with van der Waals surface area (Å²) in [7, 11) is 0. The molecule has 3 amide bonds. The van der Waals surface area contributed by atoms with Crippen LogP contribution < -0.4 is 15.1 Å². The molecule has 1 saturated carbocycles. The smallest absolute Gasteiger partial charge is 0.323 e. The molecule has 4 rings (SSSR count). The summed E-state index contributed by atoms with van der Waals surface area (Å²) in [4.78, 5) is 35.5. The number of amides is 3. The number of carbonyl (C=O) groups excluding carboxylic acids is 2. The van der Waals surface area contributed by atoms with Gasteiger partial charge in [-0.1, -0.05) is 12.8 Å². The van der Waals surface area contributed by atoms with Crippen LogP contribution in [0.5, 0.6) is 0 Å². The van der Waals surface area contributed by atoms with Crippen LogP contribution in [-0.2, 0) is 4.79 Å². The van der Waals surface area contributed by atoms with Gasteiger partial charge in [-0.05, 0) is 31.7 Å². The van der Waals surface area contributed by atoms with Crippen LogP contribution in [0.2, 0.25) is 0 Å². The largest absolute Gasteiger partial charge is 0.328 e. The van der Waals surface area contributed by atoms with E-state index in [1.54, 1.807) is 12.4 Å². The van der Waals surface area contributed by atoms with Gasteiger partial charge in [-0.15, -0.1) is 0 Å². The fourth-order valence-corrected chi connectivity index (χ4v) is 4.76. The number of imide groups is 1. The fourth-order valence-electron chi connectivity index (χ4n) is 4.76. The molecule has 2 saturated heterocycles. The molecule has 0 unspecified atom stereocenters. The minimum Gasteiger partial charge on any atom is -0.323 e. The molecular weight excluding hydrogens is 344 g/mol. The third kappa shape index (κ3) is 3.43. The number of hydrogen-bond acceptors (Lipinski definition) is 5. The first-order valence-corrected chi connectivity index (χ1v) is 10.1. The van der Waals surface area contributed by atoms with E-state index < -0.39 is 5.54 Å². The molecule has 3 aliphatic rings. The lowest BCUT2D eigenvalue weighted by molar-refractivity contribution is -0.131. The molecule has 146 valence electrons. The van der Waals surface area contributed by atoms with Gasteiger partial charge in [0.1, 0.15) is 5.54 Å². The van der Waals surface area contributed by atoms with Crippen molar-refractivity contribution in [2.45, 2.75) is 44.1 Å². The number of piperazine rings is 1. The molecule has 0 bridgehead atoms. The van der Waals surface area contributed by atoms with Crippen LogP contribution in [0.4, 0.5) is 10.7 Å². The Morgan fingerprint density at radius 2 is 1.78 bits per heavy atom. The zero-order valence-electron chi connectivity index (χ0n) is 15.8. The van der Waals surface area contributed by atoms with Gasteiger partial charge in [0.05, 0.1) is 19.6 Å². The highest BCUT2D eigenvalue weighted by Crippen LogP contribution is 2.35. The lowest BCUT2D eigenvalue weighted by atomic mass is 9.98. The molecule has 3 heterocycles. The molecule has 2 aliphatic heterocycles. The Kier molecular flexibility index (Phi) is 5.10. The van der Waals surface area contributed by atoms with Crippen LogP contribution in [0.25, 0.3) is 0 Å². The topological polar surface area (TPSA) is 87.2 Å². The van der Waals surface area contributed by atoms with E-state index in [4.69, 9.17) is 0 Å². The standard InChI is InChI=1S/C19H28N6O2/c26-16-19(6-1-2-7-19)23-18(27)24(16)12-3-4-13-25(14-10-20-11-15-25)17-21-8-5-9-22-17/h5,8-9,20H,1-4,6-7,10-15H2/p+1. The van der Waals surface area contributed by atoms with Gasteiger partial charge in [0, 0.05) is 32.0 Å². The van der Waals surface area contributed by atoms with Crippen LogP contribution in [0.3, 0.4) is 0 Å². The van der Waals surface area contributed by atoms with E-state index in [-0.39, 0.29) is 11.9 Å². The molecule has 8 nitrogen and oxygen atoms in total. The molecule has 1 spiro atoms. The maximum Gasteiger partial charge on any atom is 0.328 e. The molecule has 0 aromatic carbocycles. The summed E-state index contributed by atoms with van der Waals surface area (Å²) in [5.41, 5.74) is -0.596. The van der Waals surface area contributed by atoms with E-state index in [2.05, 4.69) is 20.6 Å².